The summed E-state index contributed by atoms with van der Waals surface area (Å²) in [5.41, 5.74) is 0.741. The fourth-order valence-electron chi connectivity index (χ4n) is 3.48. The van der Waals surface area contributed by atoms with Crippen LogP contribution in [0.2, 0.25) is 0 Å². The van der Waals surface area contributed by atoms with E-state index in [1.54, 1.807) is 13.0 Å². The van der Waals surface area contributed by atoms with Crippen molar-refractivity contribution >= 4 is 17.6 Å². The average molecular weight is 351 g/mol. The first-order valence-electron chi connectivity index (χ1n) is 8.38. The Labute approximate surface area is 145 Å². The van der Waals surface area contributed by atoms with Gasteiger partial charge in [-0.1, -0.05) is 6.92 Å². The van der Waals surface area contributed by atoms with E-state index in [1.165, 1.54) is 18.1 Å². The highest BCUT2D eigenvalue weighted by Crippen LogP contribution is 2.39. The zero-order chi connectivity index (χ0) is 18.1. The van der Waals surface area contributed by atoms with E-state index in [0.717, 1.165) is 0 Å². The number of carbonyl (C=O) groups is 2. The number of benzene rings is 1. The van der Waals surface area contributed by atoms with Crippen LogP contribution in [-0.4, -0.2) is 44.8 Å². The number of cyclic esters (lactones) is 1. The Morgan fingerprint density at radius 3 is 2.72 bits per heavy atom. The number of halogens is 1. The van der Waals surface area contributed by atoms with Crippen LogP contribution in [-0.2, 0) is 14.3 Å². The van der Waals surface area contributed by atoms with Gasteiger partial charge in [-0.05, 0) is 30.9 Å². The summed E-state index contributed by atoms with van der Waals surface area (Å²) in [5, 5.41) is 0. The number of carbonyl (C=O) groups excluding carboxylic acids is 2. The summed E-state index contributed by atoms with van der Waals surface area (Å²) in [4.78, 5) is 25.4. The van der Waals surface area contributed by atoms with E-state index < -0.39 is 11.9 Å². The highest BCUT2D eigenvalue weighted by atomic mass is 19.1. The maximum atomic E-state index is 14.8. The zero-order valence-corrected chi connectivity index (χ0v) is 14.6. The van der Waals surface area contributed by atoms with Crippen molar-refractivity contribution in [1.82, 2.24) is 0 Å². The molecule has 1 amide bonds. The van der Waals surface area contributed by atoms with Crippen molar-refractivity contribution in [2.75, 3.05) is 31.8 Å². The maximum absolute atomic E-state index is 14.8. The number of Topliss-reactive ketones (excluding diaryl/α,β-unsaturated/α-hetero) is 1. The third-order valence-electron chi connectivity index (χ3n) is 4.88. The molecule has 7 heteroatoms. The van der Waals surface area contributed by atoms with E-state index in [-0.39, 0.29) is 30.3 Å². The van der Waals surface area contributed by atoms with Gasteiger partial charge in [0.05, 0.1) is 19.3 Å². The van der Waals surface area contributed by atoms with Gasteiger partial charge in [0.2, 0.25) is 0 Å². The molecule has 2 saturated heterocycles. The summed E-state index contributed by atoms with van der Waals surface area (Å²) in [6.45, 7) is 4.51. The number of hydrogen-bond donors (Lipinski definition) is 0. The average Bonchev–Trinajstić information content (AvgIpc) is 2.92. The first-order chi connectivity index (χ1) is 11.9. The number of hydrogen-bond acceptors (Lipinski definition) is 5. The molecule has 0 N–H and O–H groups in total. The highest BCUT2D eigenvalue weighted by molar-refractivity contribution is 5.91. The van der Waals surface area contributed by atoms with Gasteiger partial charge in [0.15, 0.2) is 5.78 Å². The molecular formula is C18H22FNO5. The molecular weight excluding hydrogens is 329 g/mol. The Morgan fingerprint density at radius 2 is 2.12 bits per heavy atom. The van der Waals surface area contributed by atoms with Crippen molar-refractivity contribution < 1.29 is 28.2 Å². The molecule has 0 bridgehead atoms. The number of amides is 1. The third kappa shape index (κ3) is 3.33. The van der Waals surface area contributed by atoms with E-state index in [0.29, 0.717) is 36.6 Å². The lowest BCUT2D eigenvalue weighted by atomic mass is 9.81. The number of ether oxygens (including phenoxy) is 3. The van der Waals surface area contributed by atoms with Crippen LogP contribution < -0.4 is 9.64 Å². The molecule has 3 atom stereocenters. The van der Waals surface area contributed by atoms with Gasteiger partial charge in [0, 0.05) is 18.6 Å². The maximum Gasteiger partial charge on any atom is 0.414 e. The molecule has 0 radical (unpaired) electrons. The molecule has 0 aliphatic carbocycles. The van der Waals surface area contributed by atoms with Crippen molar-refractivity contribution in [3.63, 3.8) is 0 Å². The number of rotatable bonds is 4. The van der Waals surface area contributed by atoms with Crippen molar-refractivity contribution in [2.45, 2.75) is 32.3 Å². The van der Waals surface area contributed by atoms with Crippen molar-refractivity contribution in [3.8, 4) is 5.75 Å². The van der Waals surface area contributed by atoms with E-state index in [1.807, 2.05) is 6.92 Å². The first-order valence-corrected chi connectivity index (χ1v) is 8.38. The quantitative estimate of drug-likeness (QED) is 0.835. The summed E-state index contributed by atoms with van der Waals surface area (Å²) in [6, 6.07) is 2.86. The molecule has 2 fully saturated rings. The molecule has 1 aromatic rings. The van der Waals surface area contributed by atoms with Crippen LogP contribution in [0.25, 0.3) is 0 Å². The lowest BCUT2D eigenvalue weighted by Gasteiger charge is -2.28. The zero-order valence-electron chi connectivity index (χ0n) is 14.6. The summed E-state index contributed by atoms with van der Waals surface area (Å²) in [7, 11) is 1.47. The lowest BCUT2D eigenvalue weighted by molar-refractivity contribution is -0.133. The van der Waals surface area contributed by atoms with E-state index >= 15 is 0 Å². The van der Waals surface area contributed by atoms with Crippen molar-refractivity contribution in [2.24, 2.45) is 5.92 Å². The van der Waals surface area contributed by atoms with Gasteiger partial charge < -0.3 is 14.2 Å². The largest absolute Gasteiger partial charge is 0.495 e. The second-order valence-electron chi connectivity index (χ2n) is 6.55. The lowest BCUT2D eigenvalue weighted by Crippen LogP contribution is -2.31. The second kappa shape index (κ2) is 7.00. The van der Waals surface area contributed by atoms with Gasteiger partial charge in [0.1, 0.15) is 24.3 Å². The Morgan fingerprint density at radius 1 is 1.36 bits per heavy atom. The number of anilines is 1. The van der Waals surface area contributed by atoms with Gasteiger partial charge in [-0.25, -0.2) is 9.18 Å². The summed E-state index contributed by atoms with van der Waals surface area (Å²) in [6.07, 6.45) is -0.219. The minimum absolute atomic E-state index is 0.0156. The summed E-state index contributed by atoms with van der Waals surface area (Å²) in [5.74, 6) is -0.679. The molecule has 6 nitrogen and oxygen atoms in total. The second-order valence-corrected chi connectivity index (χ2v) is 6.55. The fourth-order valence-corrected chi connectivity index (χ4v) is 3.48. The smallest absolute Gasteiger partial charge is 0.414 e. The molecule has 2 aliphatic rings. The highest BCUT2D eigenvalue weighted by Gasteiger charge is 2.34. The Bertz CT molecular complexity index is 692. The Kier molecular flexibility index (Phi) is 4.94. The predicted molar refractivity (Wildman–Crippen MR) is 88.6 cm³/mol. The van der Waals surface area contributed by atoms with E-state index in [2.05, 4.69) is 0 Å². The molecule has 0 spiro atoms. The molecule has 3 unspecified atom stereocenters. The molecule has 136 valence electrons. The molecule has 25 heavy (non-hydrogen) atoms. The van der Waals surface area contributed by atoms with Gasteiger partial charge >= 0.3 is 6.09 Å². The molecule has 3 rings (SSSR count). The molecule has 0 aromatic heterocycles. The normalized spacial score (nSPS) is 25.0. The van der Waals surface area contributed by atoms with Crippen LogP contribution >= 0.6 is 0 Å². The van der Waals surface area contributed by atoms with Gasteiger partial charge in [0.25, 0.3) is 0 Å². The van der Waals surface area contributed by atoms with Crippen molar-refractivity contribution in [1.29, 1.82) is 0 Å². The first kappa shape index (κ1) is 17.7. The minimum atomic E-state index is -0.523. The minimum Gasteiger partial charge on any atom is -0.495 e. The standard InChI is InChI=1S/C18H22FNO5/c1-10-8-20(18(22)25-10)15-7-14(19)13(6-17(15)23-3)11(2)12-4-5-24-9-16(12)21/h6-7,10-12H,4-5,8-9H2,1-3H3. The Hall–Kier alpha value is -2.15. The topological polar surface area (TPSA) is 65.1 Å². The van der Waals surface area contributed by atoms with Crippen LogP contribution in [0.1, 0.15) is 31.7 Å². The number of methoxy groups -OCH3 is 1. The van der Waals surface area contributed by atoms with Crippen molar-refractivity contribution in [3.05, 3.63) is 23.5 Å². The van der Waals surface area contributed by atoms with Crippen LogP contribution in [0.5, 0.6) is 5.75 Å². The van der Waals surface area contributed by atoms with Crippen LogP contribution in [0, 0.1) is 11.7 Å². The monoisotopic (exact) mass is 351 g/mol. The number of ketones is 1. The van der Waals surface area contributed by atoms with Crippen LogP contribution in [0.3, 0.4) is 0 Å². The number of nitrogens with zero attached hydrogens (tertiary/aromatic N) is 1. The van der Waals surface area contributed by atoms with Gasteiger partial charge in [-0.3, -0.25) is 9.69 Å². The van der Waals surface area contributed by atoms with Crippen LogP contribution in [0.4, 0.5) is 14.9 Å². The van der Waals surface area contributed by atoms with Gasteiger partial charge in [-0.2, -0.15) is 0 Å². The molecule has 1 aromatic carbocycles. The van der Waals surface area contributed by atoms with E-state index in [9.17, 15) is 14.0 Å². The van der Waals surface area contributed by atoms with Gasteiger partial charge in [-0.15, -0.1) is 0 Å². The predicted octanol–water partition coefficient (Wildman–Crippen LogP) is 2.89. The van der Waals surface area contributed by atoms with Crippen LogP contribution in [0.15, 0.2) is 12.1 Å². The molecule has 0 saturated carbocycles. The fraction of sp³-hybridized carbons (Fsp3) is 0.556. The molecule has 2 aliphatic heterocycles. The SMILES string of the molecule is COc1cc(C(C)C2CCOCC2=O)c(F)cc1N1CC(C)OC1=O. The molecule has 2 heterocycles. The summed E-state index contributed by atoms with van der Waals surface area (Å²) >= 11 is 0. The summed E-state index contributed by atoms with van der Waals surface area (Å²) < 4.78 is 30.4. The Balaban J connectivity index is 1.94. The third-order valence-corrected chi connectivity index (χ3v) is 4.88. The van der Waals surface area contributed by atoms with E-state index in [4.69, 9.17) is 14.2 Å².